The van der Waals surface area contributed by atoms with Gasteiger partial charge in [-0.1, -0.05) is 36.4 Å². The Morgan fingerprint density at radius 2 is 1.68 bits per heavy atom. The second-order valence-electron chi connectivity index (χ2n) is 7.58. The highest BCUT2D eigenvalue weighted by atomic mass is 32.2. The number of benzene rings is 3. The topological polar surface area (TPSA) is 125 Å². The van der Waals surface area contributed by atoms with E-state index in [9.17, 15) is 21.6 Å². The van der Waals surface area contributed by atoms with Crippen LogP contribution in [0.2, 0.25) is 0 Å². The maximum Gasteiger partial charge on any atom is 0.264 e. The fraction of sp³-hybridized carbons (Fsp3) is 0.130. The van der Waals surface area contributed by atoms with Gasteiger partial charge in [-0.05, 0) is 49.4 Å². The van der Waals surface area contributed by atoms with Gasteiger partial charge in [-0.15, -0.1) is 0 Å². The predicted octanol–water partition coefficient (Wildman–Crippen LogP) is 2.58. The van der Waals surface area contributed by atoms with E-state index in [4.69, 9.17) is 0 Å². The molecule has 0 radical (unpaired) electrons. The van der Waals surface area contributed by atoms with Crippen molar-refractivity contribution in [1.82, 2.24) is 4.72 Å². The van der Waals surface area contributed by atoms with Gasteiger partial charge in [0.05, 0.1) is 15.5 Å². The number of carbonyl (C=O) groups is 1. The van der Waals surface area contributed by atoms with Crippen LogP contribution in [-0.4, -0.2) is 41.7 Å². The van der Waals surface area contributed by atoms with E-state index in [2.05, 4.69) is 15.0 Å². The molecule has 0 bridgehead atoms. The van der Waals surface area contributed by atoms with Crippen molar-refractivity contribution in [3.05, 3.63) is 84.4 Å². The number of nitrogens with one attached hydrogen (secondary N) is 2. The van der Waals surface area contributed by atoms with Crippen molar-refractivity contribution in [1.29, 1.82) is 0 Å². The first-order chi connectivity index (χ1) is 16.1. The second kappa shape index (κ2) is 8.92. The standard InChI is InChI=1S/C23H22N4O5S2/c1-16(24-22-20-13-6-7-14-21(20)33(29,30)26-22)23(28)25-17-9-8-12-19(15-17)34(31,32)27(2)18-10-4-3-5-11-18/h3-16H,1-2H3,(H,24,26)(H,25,28)/t16-/m1/s1. The van der Waals surface area contributed by atoms with Crippen molar-refractivity contribution >= 4 is 43.2 Å². The van der Waals surface area contributed by atoms with Gasteiger partial charge in [0.25, 0.3) is 20.0 Å². The fourth-order valence-corrected chi connectivity index (χ4v) is 5.88. The van der Waals surface area contributed by atoms with E-state index >= 15 is 0 Å². The van der Waals surface area contributed by atoms with Crippen LogP contribution in [0.4, 0.5) is 11.4 Å². The molecule has 0 saturated heterocycles. The molecule has 2 N–H and O–H groups in total. The second-order valence-corrected chi connectivity index (χ2v) is 11.2. The van der Waals surface area contributed by atoms with Crippen LogP contribution in [0.25, 0.3) is 0 Å². The van der Waals surface area contributed by atoms with E-state index in [1.54, 1.807) is 54.6 Å². The quantitative estimate of drug-likeness (QED) is 0.540. The number of amides is 1. The van der Waals surface area contributed by atoms with E-state index in [0.29, 0.717) is 11.3 Å². The lowest BCUT2D eigenvalue weighted by Crippen LogP contribution is -2.29. The summed E-state index contributed by atoms with van der Waals surface area (Å²) < 4.78 is 54.1. The van der Waals surface area contributed by atoms with Crippen LogP contribution < -0.4 is 14.3 Å². The molecule has 4 rings (SSSR count). The molecule has 3 aromatic carbocycles. The number of rotatable bonds is 6. The number of fused-ring (bicyclic) bond motifs is 1. The van der Waals surface area contributed by atoms with E-state index in [-0.39, 0.29) is 21.3 Å². The molecule has 11 heteroatoms. The van der Waals surface area contributed by atoms with E-state index < -0.39 is 32.0 Å². The first-order valence-corrected chi connectivity index (χ1v) is 13.2. The molecule has 1 amide bonds. The molecule has 9 nitrogen and oxygen atoms in total. The zero-order valence-corrected chi connectivity index (χ0v) is 20.0. The van der Waals surface area contributed by atoms with E-state index in [1.165, 1.54) is 38.2 Å². The van der Waals surface area contributed by atoms with E-state index in [0.717, 1.165) is 4.31 Å². The predicted molar refractivity (Wildman–Crippen MR) is 130 cm³/mol. The van der Waals surface area contributed by atoms with Gasteiger partial charge in [0.15, 0.2) is 0 Å². The average Bonchev–Trinajstić information content (AvgIpc) is 3.09. The van der Waals surface area contributed by atoms with Gasteiger partial charge in [0.2, 0.25) is 5.91 Å². The summed E-state index contributed by atoms with van der Waals surface area (Å²) in [6.07, 6.45) is 0. The molecular formula is C23H22N4O5S2. The third kappa shape index (κ3) is 4.52. The highest BCUT2D eigenvalue weighted by Crippen LogP contribution is 2.25. The van der Waals surface area contributed by atoms with Gasteiger partial charge in [-0.25, -0.2) is 16.8 Å². The Bertz CT molecular complexity index is 1490. The Kier molecular flexibility index (Phi) is 6.15. The van der Waals surface area contributed by atoms with Crippen molar-refractivity contribution in [3.8, 4) is 0 Å². The third-order valence-corrected chi connectivity index (χ3v) is 8.42. The molecule has 1 aliphatic rings. The number of aliphatic imine (C=N–C) groups is 1. The van der Waals surface area contributed by atoms with Crippen molar-refractivity contribution in [2.75, 3.05) is 16.7 Å². The summed E-state index contributed by atoms with van der Waals surface area (Å²) in [6.45, 7) is 1.52. The number of anilines is 2. The minimum atomic E-state index is -3.86. The van der Waals surface area contributed by atoms with Crippen LogP contribution >= 0.6 is 0 Å². The molecule has 34 heavy (non-hydrogen) atoms. The van der Waals surface area contributed by atoms with Crippen molar-refractivity contribution < 1.29 is 21.6 Å². The third-order valence-electron chi connectivity index (χ3n) is 5.24. The number of hydrogen-bond donors (Lipinski definition) is 2. The lowest BCUT2D eigenvalue weighted by molar-refractivity contribution is -0.117. The molecule has 0 unspecified atom stereocenters. The van der Waals surface area contributed by atoms with Gasteiger partial charge in [-0.2, -0.15) is 0 Å². The highest BCUT2D eigenvalue weighted by Gasteiger charge is 2.31. The summed E-state index contributed by atoms with van der Waals surface area (Å²) in [5, 5.41) is 2.65. The number of nitrogens with zero attached hydrogens (tertiary/aromatic N) is 2. The SMILES string of the molecule is C[C@@H](N=C1NS(=O)(=O)c2ccccc21)C(=O)Nc1cccc(S(=O)(=O)N(C)c2ccccc2)c1. The Morgan fingerprint density at radius 1 is 1.00 bits per heavy atom. The van der Waals surface area contributed by atoms with Crippen molar-refractivity contribution in [3.63, 3.8) is 0 Å². The normalized spacial score (nSPS) is 16.4. The van der Waals surface area contributed by atoms with Crippen LogP contribution in [0, 0.1) is 0 Å². The summed E-state index contributed by atoms with van der Waals surface area (Å²) in [4.78, 5) is 17.1. The lowest BCUT2D eigenvalue weighted by atomic mass is 10.2. The molecule has 0 spiro atoms. The Hall–Kier alpha value is -3.70. The molecular weight excluding hydrogens is 476 g/mol. The summed E-state index contributed by atoms with van der Waals surface area (Å²) in [6, 6.07) is 19.9. The minimum Gasteiger partial charge on any atom is -0.324 e. The molecule has 0 fully saturated rings. The summed E-state index contributed by atoms with van der Waals surface area (Å²) >= 11 is 0. The van der Waals surface area contributed by atoms with Gasteiger partial charge in [-0.3, -0.25) is 18.8 Å². The zero-order valence-electron chi connectivity index (χ0n) is 18.3. The average molecular weight is 499 g/mol. The number of hydrogen-bond acceptors (Lipinski definition) is 6. The first kappa shape index (κ1) is 23.5. The van der Waals surface area contributed by atoms with Gasteiger partial charge in [0.1, 0.15) is 11.9 Å². The zero-order chi connectivity index (χ0) is 24.5. The number of carbonyl (C=O) groups excluding carboxylic acids is 1. The fourth-order valence-electron chi connectivity index (χ4n) is 3.40. The smallest absolute Gasteiger partial charge is 0.264 e. The van der Waals surface area contributed by atoms with Crippen molar-refractivity contribution in [2.24, 2.45) is 4.99 Å². The largest absolute Gasteiger partial charge is 0.324 e. The van der Waals surface area contributed by atoms with Gasteiger partial charge in [0, 0.05) is 18.3 Å². The minimum absolute atomic E-state index is 0.00750. The monoisotopic (exact) mass is 498 g/mol. The molecule has 176 valence electrons. The Balaban J connectivity index is 1.54. The maximum absolute atomic E-state index is 13.0. The van der Waals surface area contributed by atoms with Crippen molar-refractivity contribution in [2.45, 2.75) is 22.8 Å². The molecule has 1 atom stereocenters. The number of amidine groups is 1. The van der Waals surface area contributed by atoms with Gasteiger partial charge < -0.3 is 5.32 Å². The number of sulfonamides is 2. The summed E-state index contributed by atoms with van der Waals surface area (Å²) in [7, 11) is -6.13. The van der Waals surface area contributed by atoms with Crippen LogP contribution in [0.3, 0.4) is 0 Å². The summed E-state index contributed by atoms with van der Waals surface area (Å²) in [5.41, 5.74) is 1.16. The molecule has 1 aliphatic heterocycles. The van der Waals surface area contributed by atoms with E-state index in [1.807, 2.05) is 0 Å². The number of para-hydroxylation sites is 1. The molecule has 1 heterocycles. The molecule has 3 aromatic rings. The molecule has 0 saturated carbocycles. The van der Waals surface area contributed by atoms with Crippen LogP contribution in [0.5, 0.6) is 0 Å². The molecule has 0 aromatic heterocycles. The van der Waals surface area contributed by atoms with Crippen LogP contribution in [0.1, 0.15) is 12.5 Å². The van der Waals surface area contributed by atoms with Crippen LogP contribution in [0.15, 0.2) is 93.6 Å². The summed E-state index contributed by atoms with van der Waals surface area (Å²) in [5.74, 6) is -0.443. The van der Waals surface area contributed by atoms with Gasteiger partial charge >= 0.3 is 0 Å². The first-order valence-electron chi connectivity index (χ1n) is 10.2. The molecule has 0 aliphatic carbocycles. The van der Waals surface area contributed by atoms with Crippen LogP contribution in [-0.2, 0) is 24.8 Å². The highest BCUT2D eigenvalue weighted by molar-refractivity contribution is 7.92. The Morgan fingerprint density at radius 3 is 2.41 bits per heavy atom. The maximum atomic E-state index is 13.0. The lowest BCUT2D eigenvalue weighted by Gasteiger charge is -2.20. The Labute approximate surface area is 198 Å².